The van der Waals surface area contributed by atoms with Gasteiger partial charge in [-0.25, -0.2) is 22.4 Å². The van der Waals surface area contributed by atoms with E-state index in [1.54, 1.807) is 0 Å². The number of carboxylic acids is 1. The zero-order valence-corrected chi connectivity index (χ0v) is 16.6. The molecule has 1 heterocycles. The minimum Gasteiger partial charge on any atom is -0.478 e. The molecule has 0 aromatic heterocycles. The number of nitrogens with zero attached hydrogens (tertiary/aromatic N) is 1. The van der Waals surface area contributed by atoms with Crippen molar-refractivity contribution in [3.8, 4) is 0 Å². The highest BCUT2D eigenvalue weighted by Gasteiger charge is 2.41. The van der Waals surface area contributed by atoms with Crippen LogP contribution in [0.4, 0.5) is 17.6 Å². The molecule has 0 saturated heterocycles. The second kappa shape index (κ2) is 8.34. The quantitative estimate of drug-likeness (QED) is 0.457. The van der Waals surface area contributed by atoms with Crippen molar-refractivity contribution in [2.75, 3.05) is 0 Å². The van der Waals surface area contributed by atoms with Gasteiger partial charge in [-0.05, 0) is 42.0 Å². The first kappa shape index (κ1) is 21.9. The molecule has 3 aromatic carbocycles. The predicted molar refractivity (Wildman–Crippen MR) is 108 cm³/mol. The third kappa shape index (κ3) is 4.00. The van der Waals surface area contributed by atoms with Gasteiger partial charge in [-0.2, -0.15) is 0 Å². The van der Waals surface area contributed by atoms with E-state index in [2.05, 4.69) is 0 Å². The average Bonchev–Trinajstić information content (AvgIpc) is 2.99. The zero-order valence-electron chi connectivity index (χ0n) is 16.6. The number of carbonyl (C=O) groups excluding carboxylic acids is 2. The van der Waals surface area contributed by atoms with E-state index >= 15 is 0 Å². The lowest BCUT2D eigenvalue weighted by atomic mass is 9.95. The van der Waals surface area contributed by atoms with E-state index in [9.17, 15) is 31.9 Å². The van der Waals surface area contributed by atoms with Crippen LogP contribution in [0.5, 0.6) is 0 Å². The largest absolute Gasteiger partial charge is 0.478 e. The molecule has 2 amide bonds. The summed E-state index contributed by atoms with van der Waals surface area (Å²) in [5.74, 6) is -7.22. The molecular weight excluding hydrogens is 442 g/mol. The molecule has 9 heteroatoms. The smallest absolute Gasteiger partial charge is 0.335 e. The Balaban J connectivity index is 1.83. The highest BCUT2D eigenvalue weighted by Crippen LogP contribution is 2.38. The number of amides is 2. The van der Waals surface area contributed by atoms with E-state index in [1.807, 2.05) is 0 Å². The van der Waals surface area contributed by atoms with E-state index in [1.165, 1.54) is 24.3 Å². The fourth-order valence-electron chi connectivity index (χ4n) is 3.54. The Bertz CT molecular complexity index is 1280. The molecular formula is C24H13F4NO4. The number of carbonyl (C=O) groups is 3. The van der Waals surface area contributed by atoms with Crippen molar-refractivity contribution in [2.24, 2.45) is 0 Å². The summed E-state index contributed by atoms with van der Waals surface area (Å²) in [5.41, 5.74) is -1.47. The van der Waals surface area contributed by atoms with Crippen molar-refractivity contribution in [1.82, 2.24) is 4.90 Å². The third-order valence-corrected chi connectivity index (χ3v) is 5.11. The van der Waals surface area contributed by atoms with Crippen LogP contribution in [0.25, 0.3) is 11.1 Å². The molecule has 3 aromatic rings. The number of benzene rings is 3. The Morgan fingerprint density at radius 3 is 1.58 bits per heavy atom. The van der Waals surface area contributed by atoms with E-state index in [0.29, 0.717) is 17.7 Å². The van der Waals surface area contributed by atoms with Gasteiger partial charge in [0.25, 0.3) is 11.8 Å². The van der Waals surface area contributed by atoms with Gasteiger partial charge in [0.15, 0.2) is 0 Å². The molecule has 0 aliphatic carbocycles. The van der Waals surface area contributed by atoms with Gasteiger partial charge in [-0.3, -0.25) is 14.5 Å². The summed E-state index contributed by atoms with van der Waals surface area (Å²) in [6.45, 7) is -0.323. The van der Waals surface area contributed by atoms with Crippen LogP contribution in [0.1, 0.15) is 27.0 Å². The lowest BCUT2D eigenvalue weighted by Crippen LogP contribution is -2.31. The highest BCUT2D eigenvalue weighted by atomic mass is 19.1. The van der Waals surface area contributed by atoms with Crippen LogP contribution >= 0.6 is 0 Å². The van der Waals surface area contributed by atoms with Gasteiger partial charge in [-0.1, -0.05) is 12.1 Å². The summed E-state index contributed by atoms with van der Waals surface area (Å²) in [5, 5.41) is 9.01. The second-order valence-electron chi connectivity index (χ2n) is 7.20. The molecule has 0 bridgehead atoms. The number of imide groups is 1. The lowest BCUT2D eigenvalue weighted by molar-refractivity contribution is -0.136. The van der Waals surface area contributed by atoms with Gasteiger partial charge < -0.3 is 5.11 Å². The Morgan fingerprint density at radius 2 is 1.18 bits per heavy atom. The van der Waals surface area contributed by atoms with Gasteiger partial charge >= 0.3 is 5.97 Å². The number of halogens is 4. The number of rotatable bonds is 5. The van der Waals surface area contributed by atoms with E-state index < -0.39 is 63.3 Å². The van der Waals surface area contributed by atoms with Gasteiger partial charge in [-0.15, -0.1) is 0 Å². The van der Waals surface area contributed by atoms with Gasteiger partial charge in [0.2, 0.25) is 0 Å². The number of carboxylic acid groups (broad SMARTS) is 1. The second-order valence-corrected chi connectivity index (χ2v) is 7.20. The Labute approximate surface area is 184 Å². The molecule has 0 unspecified atom stereocenters. The first-order valence-corrected chi connectivity index (χ1v) is 9.51. The first-order valence-electron chi connectivity index (χ1n) is 9.51. The fraction of sp³-hybridized carbons (Fsp3) is 0.0417. The summed E-state index contributed by atoms with van der Waals surface area (Å²) in [6, 6.07) is 10.0. The molecule has 0 radical (unpaired) electrons. The normalized spacial score (nSPS) is 13.8. The molecule has 0 atom stereocenters. The van der Waals surface area contributed by atoms with Crippen LogP contribution in [0.2, 0.25) is 0 Å². The molecule has 0 spiro atoms. The standard InChI is InChI=1S/C24H13F4NO4/c25-14-5-7-16(18(27)9-14)20-21(17-8-6-15(26)10-19(17)28)23(31)29(22(20)30)11-12-1-3-13(4-2-12)24(32)33/h1-10H,11H2,(H,32,33). The minimum absolute atomic E-state index is 0.0147. The molecule has 0 fully saturated rings. The summed E-state index contributed by atoms with van der Waals surface area (Å²) in [6.07, 6.45) is 0. The summed E-state index contributed by atoms with van der Waals surface area (Å²) >= 11 is 0. The van der Waals surface area contributed by atoms with E-state index in [4.69, 9.17) is 5.11 Å². The lowest BCUT2D eigenvalue weighted by Gasteiger charge is -2.15. The van der Waals surface area contributed by atoms with Crippen molar-refractivity contribution in [3.63, 3.8) is 0 Å². The van der Waals surface area contributed by atoms with Crippen LogP contribution in [0.3, 0.4) is 0 Å². The molecule has 5 nitrogen and oxygen atoms in total. The fourth-order valence-corrected chi connectivity index (χ4v) is 3.54. The molecule has 0 saturated carbocycles. The van der Waals surface area contributed by atoms with Crippen LogP contribution in [0.15, 0.2) is 60.7 Å². The Hall–Kier alpha value is -4.27. The highest BCUT2D eigenvalue weighted by molar-refractivity contribution is 6.49. The predicted octanol–water partition coefficient (Wildman–Crippen LogP) is 4.42. The molecule has 4 rings (SSSR count). The minimum atomic E-state index is -1.17. The van der Waals surface area contributed by atoms with Crippen molar-refractivity contribution >= 4 is 28.9 Å². The van der Waals surface area contributed by atoms with Crippen molar-refractivity contribution < 1.29 is 37.1 Å². The summed E-state index contributed by atoms with van der Waals surface area (Å²) in [4.78, 5) is 38.1. The maximum atomic E-state index is 14.6. The maximum absolute atomic E-state index is 14.6. The first-order chi connectivity index (χ1) is 15.7. The van der Waals surface area contributed by atoms with Crippen molar-refractivity contribution in [3.05, 3.63) is 106 Å². The third-order valence-electron chi connectivity index (χ3n) is 5.11. The molecule has 1 N–H and O–H groups in total. The molecule has 1 aliphatic rings. The van der Waals surface area contributed by atoms with Gasteiger partial charge in [0.1, 0.15) is 23.3 Å². The Morgan fingerprint density at radius 1 is 0.727 bits per heavy atom. The monoisotopic (exact) mass is 455 g/mol. The average molecular weight is 455 g/mol. The van der Waals surface area contributed by atoms with Crippen LogP contribution < -0.4 is 0 Å². The van der Waals surface area contributed by atoms with Gasteiger partial charge in [0, 0.05) is 23.3 Å². The summed E-state index contributed by atoms with van der Waals surface area (Å²) < 4.78 is 56.0. The molecule has 33 heavy (non-hydrogen) atoms. The van der Waals surface area contributed by atoms with E-state index in [0.717, 1.165) is 29.2 Å². The number of hydrogen-bond acceptors (Lipinski definition) is 3. The molecule has 166 valence electrons. The number of aromatic carboxylic acids is 1. The SMILES string of the molecule is O=C(O)c1ccc(CN2C(=O)C(c3ccc(F)cc3F)=C(c3ccc(F)cc3F)C2=O)cc1. The van der Waals surface area contributed by atoms with Gasteiger partial charge in [0.05, 0.1) is 23.3 Å². The zero-order chi connectivity index (χ0) is 23.9. The van der Waals surface area contributed by atoms with Crippen molar-refractivity contribution in [2.45, 2.75) is 6.54 Å². The number of hydrogen-bond donors (Lipinski definition) is 1. The van der Waals surface area contributed by atoms with Crippen molar-refractivity contribution in [1.29, 1.82) is 0 Å². The maximum Gasteiger partial charge on any atom is 0.335 e. The molecule has 1 aliphatic heterocycles. The van der Waals surface area contributed by atoms with E-state index in [-0.39, 0.29) is 12.1 Å². The van der Waals surface area contributed by atoms with Crippen LogP contribution in [-0.4, -0.2) is 27.8 Å². The summed E-state index contributed by atoms with van der Waals surface area (Å²) in [7, 11) is 0. The Kier molecular flexibility index (Phi) is 5.55. The van der Waals surface area contributed by atoms with Crippen LogP contribution in [0, 0.1) is 23.3 Å². The van der Waals surface area contributed by atoms with Crippen LogP contribution in [-0.2, 0) is 16.1 Å². The topological polar surface area (TPSA) is 74.7 Å².